The molecule has 13 heavy (non-hydrogen) atoms. The summed E-state index contributed by atoms with van der Waals surface area (Å²) in [5.74, 6) is 1.40. The van der Waals surface area contributed by atoms with Crippen molar-refractivity contribution in [2.24, 2.45) is 11.8 Å². The summed E-state index contributed by atoms with van der Waals surface area (Å²) in [6.07, 6.45) is 2.43. The summed E-state index contributed by atoms with van der Waals surface area (Å²) in [5, 5.41) is 2.93. The summed E-state index contributed by atoms with van der Waals surface area (Å²) in [5.41, 5.74) is 0. The van der Waals surface area contributed by atoms with Gasteiger partial charge in [0, 0.05) is 13.0 Å². The van der Waals surface area contributed by atoms with Crippen LogP contribution in [0, 0.1) is 11.8 Å². The summed E-state index contributed by atoms with van der Waals surface area (Å²) >= 11 is 0. The highest BCUT2D eigenvalue weighted by atomic mass is 16.1. The summed E-state index contributed by atoms with van der Waals surface area (Å²) in [6.45, 7) is 10.3. The van der Waals surface area contributed by atoms with Crippen LogP contribution in [0.4, 0.5) is 0 Å². The lowest BCUT2D eigenvalue weighted by Crippen LogP contribution is -2.35. The number of hydrogen-bond donors (Lipinski definition) is 1. The first-order valence-electron chi connectivity index (χ1n) is 5.20. The van der Waals surface area contributed by atoms with E-state index in [0.29, 0.717) is 12.0 Å². The molecule has 0 aliphatic rings. The third kappa shape index (κ3) is 6.62. The minimum atomic E-state index is 0.0731. The Bertz CT molecular complexity index is 154. The van der Waals surface area contributed by atoms with E-state index in [9.17, 15) is 4.79 Å². The number of nitrogens with one attached hydrogen (secondary N) is 1. The van der Waals surface area contributed by atoms with Crippen LogP contribution >= 0.6 is 0 Å². The van der Waals surface area contributed by atoms with E-state index in [1.807, 2.05) is 0 Å². The van der Waals surface area contributed by atoms with Crippen LogP contribution < -0.4 is 5.32 Å². The van der Waals surface area contributed by atoms with Crippen molar-refractivity contribution in [3.05, 3.63) is 0 Å². The fourth-order valence-electron chi connectivity index (χ4n) is 1.31. The van der Waals surface area contributed by atoms with Crippen molar-refractivity contribution in [2.75, 3.05) is 0 Å². The topological polar surface area (TPSA) is 29.1 Å². The lowest BCUT2D eigenvalue weighted by molar-refractivity contribution is -0.119. The molecule has 0 rings (SSSR count). The second kappa shape index (κ2) is 6.01. The third-order valence-corrected chi connectivity index (χ3v) is 2.48. The molecule has 2 nitrogen and oxygen atoms in total. The van der Waals surface area contributed by atoms with Gasteiger partial charge in [-0.05, 0) is 25.2 Å². The van der Waals surface area contributed by atoms with Gasteiger partial charge in [0.05, 0.1) is 0 Å². The molecule has 0 bridgehead atoms. The zero-order valence-corrected chi connectivity index (χ0v) is 9.55. The first kappa shape index (κ1) is 12.5. The van der Waals surface area contributed by atoms with Crippen molar-refractivity contribution in [3.8, 4) is 0 Å². The van der Waals surface area contributed by atoms with Crippen LogP contribution in [0.25, 0.3) is 0 Å². The second-order valence-electron chi connectivity index (χ2n) is 4.44. The van der Waals surface area contributed by atoms with E-state index in [0.717, 1.165) is 5.92 Å². The lowest BCUT2D eigenvalue weighted by atomic mass is 9.94. The average molecular weight is 185 g/mol. The predicted octanol–water partition coefficient (Wildman–Crippen LogP) is 2.58. The largest absolute Gasteiger partial charge is 0.354 e. The van der Waals surface area contributed by atoms with Crippen LogP contribution in [0.2, 0.25) is 0 Å². The van der Waals surface area contributed by atoms with E-state index in [1.165, 1.54) is 12.8 Å². The number of carbonyl (C=O) groups is 1. The van der Waals surface area contributed by atoms with Crippen molar-refractivity contribution >= 4 is 5.91 Å². The monoisotopic (exact) mass is 185 g/mol. The molecular weight excluding hydrogens is 162 g/mol. The van der Waals surface area contributed by atoms with Crippen LogP contribution in [0.15, 0.2) is 0 Å². The van der Waals surface area contributed by atoms with Crippen molar-refractivity contribution < 1.29 is 4.79 Å². The van der Waals surface area contributed by atoms with Crippen LogP contribution in [0.3, 0.4) is 0 Å². The Morgan fingerprint density at radius 1 is 1.15 bits per heavy atom. The van der Waals surface area contributed by atoms with Gasteiger partial charge in [0.2, 0.25) is 5.91 Å². The first-order chi connectivity index (χ1) is 5.93. The molecule has 1 amide bonds. The SMILES string of the molecule is CC(=O)NC(C)C(C)CCC(C)C. The molecule has 0 aromatic rings. The standard InChI is InChI=1S/C11H23NO/c1-8(2)6-7-9(3)10(4)12-11(5)13/h8-10H,6-7H2,1-5H3,(H,12,13). The molecule has 2 unspecified atom stereocenters. The van der Waals surface area contributed by atoms with E-state index in [1.54, 1.807) is 6.92 Å². The van der Waals surface area contributed by atoms with Crippen LogP contribution in [0.5, 0.6) is 0 Å². The molecule has 0 aromatic carbocycles. The lowest BCUT2D eigenvalue weighted by Gasteiger charge is -2.21. The summed E-state index contributed by atoms with van der Waals surface area (Å²) in [7, 11) is 0. The molecule has 78 valence electrons. The van der Waals surface area contributed by atoms with E-state index in [4.69, 9.17) is 0 Å². The Kier molecular flexibility index (Phi) is 5.76. The minimum absolute atomic E-state index is 0.0731. The van der Waals surface area contributed by atoms with Gasteiger partial charge >= 0.3 is 0 Å². The van der Waals surface area contributed by atoms with E-state index >= 15 is 0 Å². The Hall–Kier alpha value is -0.530. The Morgan fingerprint density at radius 3 is 2.08 bits per heavy atom. The van der Waals surface area contributed by atoms with Crippen LogP contribution in [-0.2, 0) is 4.79 Å². The number of amides is 1. The number of carbonyl (C=O) groups excluding carboxylic acids is 1. The van der Waals surface area contributed by atoms with Crippen LogP contribution in [-0.4, -0.2) is 11.9 Å². The summed E-state index contributed by atoms with van der Waals surface area (Å²) < 4.78 is 0. The second-order valence-corrected chi connectivity index (χ2v) is 4.44. The molecule has 0 radical (unpaired) electrons. The maximum atomic E-state index is 10.8. The quantitative estimate of drug-likeness (QED) is 0.701. The highest BCUT2D eigenvalue weighted by Crippen LogP contribution is 2.14. The van der Waals surface area contributed by atoms with Gasteiger partial charge in [0.15, 0.2) is 0 Å². The highest BCUT2D eigenvalue weighted by Gasteiger charge is 2.12. The molecule has 0 heterocycles. The minimum Gasteiger partial charge on any atom is -0.354 e. The molecule has 2 heteroatoms. The molecule has 0 saturated heterocycles. The molecule has 2 atom stereocenters. The van der Waals surface area contributed by atoms with Gasteiger partial charge < -0.3 is 5.32 Å². The molecule has 0 saturated carbocycles. The van der Waals surface area contributed by atoms with Gasteiger partial charge in [0.25, 0.3) is 0 Å². The van der Waals surface area contributed by atoms with Gasteiger partial charge in [-0.3, -0.25) is 4.79 Å². The van der Waals surface area contributed by atoms with Gasteiger partial charge in [-0.2, -0.15) is 0 Å². The van der Waals surface area contributed by atoms with Crippen LogP contribution in [0.1, 0.15) is 47.5 Å². The zero-order chi connectivity index (χ0) is 10.4. The van der Waals surface area contributed by atoms with E-state index < -0.39 is 0 Å². The maximum Gasteiger partial charge on any atom is 0.217 e. The summed E-state index contributed by atoms with van der Waals surface area (Å²) in [4.78, 5) is 10.8. The fourth-order valence-corrected chi connectivity index (χ4v) is 1.31. The normalized spacial score (nSPS) is 15.5. The molecule has 0 fully saturated rings. The van der Waals surface area contributed by atoms with Crippen molar-refractivity contribution in [2.45, 2.75) is 53.5 Å². The molecule has 0 spiro atoms. The maximum absolute atomic E-state index is 10.8. The Morgan fingerprint density at radius 2 is 1.69 bits per heavy atom. The van der Waals surface area contributed by atoms with Crippen molar-refractivity contribution in [1.29, 1.82) is 0 Å². The van der Waals surface area contributed by atoms with Crippen molar-refractivity contribution in [3.63, 3.8) is 0 Å². The van der Waals surface area contributed by atoms with E-state index in [-0.39, 0.29) is 5.91 Å². The van der Waals surface area contributed by atoms with Gasteiger partial charge in [-0.15, -0.1) is 0 Å². The highest BCUT2D eigenvalue weighted by molar-refractivity contribution is 5.73. The molecule has 1 N–H and O–H groups in total. The average Bonchev–Trinajstić information content (AvgIpc) is 1.98. The molecular formula is C11H23NO. The third-order valence-electron chi connectivity index (χ3n) is 2.48. The zero-order valence-electron chi connectivity index (χ0n) is 9.55. The molecule has 0 aromatic heterocycles. The fraction of sp³-hybridized carbons (Fsp3) is 0.909. The van der Waals surface area contributed by atoms with Gasteiger partial charge in [0.1, 0.15) is 0 Å². The van der Waals surface area contributed by atoms with Gasteiger partial charge in [-0.1, -0.05) is 27.2 Å². The first-order valence-corrected chi connectivity index (χ1v) is 5.20. The predicted molar refractivity (Wildman–Crippen MR) is 56.5 cm³/mol. The Balaban J connectivity index is 3.68. The smallest absolute Gasteiger partial charge is 0.217 e. The number of hydrogen-bond acceptors (Lipinski definition) is 1. The van der Waals surface area contributed by atoms with E-state index in [2.05, 4.69) is 33.0 Å². The molecule has 0 aliphatic carbocycles. The Labute approximate surface area is 82.1 Å². The van der Waals surface area contributed by atoms with Crippen molar-refractivity contribution in [1.82, 2.24) is 5.32 Å². The summed E-state index contributed by atoms with van der Waals surface area (Å²) in [6, 6.07) is 0.302. The van der Waals surface area contributed by atoms with Gasteiger partial charge in [-0.25, -0.2) is 0 Å². The molecule has 0 aliphatic heterocycles. The number of rotatable bonds is 5.